The number of aromatic nitrogens is 3. The normalized spacial score (nSPS) is 16.7. The lowest BCUT2D eigenvalue weighted by Crippen LogP contribution is -2.34. The SMILES string of the molecule is CSc1ccc(N2CC(C(=O)NCCc3nnc4ccccn34)CC2=O)cc1. The second kappa shape index (κ2) is 8.02. The minimum Gasteiger partial charge on any atom is -0.355 e. The highest BCUT2D eigenvalue weighted by atomic mass is 32.2. The molecule has 3 aromatic rings. The molecule has 1 aliphatic rings. The molecule has 3 heterocycles. The molecule has 144 valence electrons. The van der Waals surface area contributed by atoms with Crippen LogP contribution < -0.4 is 10.2 Å². The lowest BCUT2D eigenvalue weighted by atomic mass is 10.1. The van der Waals surface area contributed by atoms with Crippen LogP contribution in [0.2, 0.25) is 0 Å². The predicted octanol–water partition coefficient (Wildman–Crippen LogP) is 2.16. The maximum Gasteiger partial charge on any atom is 0.227 e. The molecule has 28 heavy (non-hydrogen) atoms. The molecule has 8 heteroatoms. The summed E-state index contributed by atoms with van der Waals surface area (Å²) in [6.45, 7) is 0.874. The van der Waals surface area contributed by atoms with Gasteiger partial charge in [0.15, 0.2) is 5.65 Å². The van der Waals surface area contributed by atoms with E-state index >= 15 is 0 Å². The van der Waals surface area contributed by atoms with Crippen LogP contribution in [0.15, 0.2) is 53.6 Å². The van der Waals surface area contributed by atoms with Gasteiger partial charge in [0.05, 0.1) is 5.92 Å². The van der Waals surface area contributed by atoms with Crippen LogP contribution in [-0.2, 0) is 16.0 Å². The maximum atomic E-state index is 12.5. The number of nitrogens with zero attached hydrogens (tertiary/aromatic N) is 4. The van der Waals surface area contributed by atoms with E-state index in [1.807, 2.05) is 59.3 Å². The Morgan fingerprint density at radius 2 is 2.04 bits per heavy atom. The van der Waals surface area contributed by atoms with Gasteiger partial charge in [0.25, 0.3) is 0 Å². The number of fused-ring (bicyclic) bond motifs is 1. The minimum absolute atomic E-state index is 0.0134. The summed E-state index contributed by atoms with van der Waals surface area (Å²) in [6.07, 6.45) is 4.74. The first kappa shape index (κ1) is 18.5. The Morgan fingerprint density at radius 3 is 2.82 bits per heavy atom. The van der Waals surface area contributed by atoms with Gasteiger partial charge in [-0.2, -0.15) is 0 Å². The number of hydrogen-bond donors (Lipinski definition) is 1. The van der Waals surface area contributed by atoms with Crippen LogP contribution in [0.4, 0.5) is 5.69 Å². The van der Waals surface area contributed by atoms with Crippen molar-refractivity contribution in [1.82, 2.24) is 19.9 Å². The third-order valence-corrected chi connectivity index (χ3v) is 5.66. The number of nitrogens with one attached hydrogen (secondary N) is 1. The van der Waals surface area contributed by atoms with Gasteiger partial charge in [-0.1, -0.05) is 6.07 Å². The molecule has 0 radical (unpaired) electrons. The molecular weight excluding hydrogens is 374 g/mol. The van der Waals surface area contributed by atoms with Gasteiger partial charge in [0, 0.05) is 42.7 Å². The van der Waals surface area contributed by atoms with Crippen molar-refractivity contribution < 1.29 is 9.59 Å². The molecule has 4 rings (SSSR count). The molecular formula is C20H21N5O2S. The Kier molecular flexibility index (Phi) is 5.29. The lowest BCUT2D eigenvalue weighted by Gasteiger charge is -2.17. The molecule has 1 aliphatic heterocycles. The van der Waals surface area contributed by atoms with E-state index < -0.39 is 0 Å². The van der Waals surface area contributed by atoms with Crippen LogP contribution in [0.3, 0.4) is 0 Å². The van der Waals surface area contributed by atoms with E-state index in [4.69, 9.17) is 0 Å². The van der Waals surface area contributed by atoms with Gasteiger partial charge in [-0.15, -0.1) is 22.0 Å². The zero-order chi connectivity index (χ0) is 19.5. The topological polar surface area (TPSA) is 79.6 Å². The molecule has 1 fully saturated rings. The fourth-order valence-electron chi connectivity index (χ4n) is 3.40. The van der Waals surface area contributed by atoms with Crippen molar-refractivity contribution in [2.75, 3.05) is 24.2 Å². The second-order valence-corrected chi connectivity index (χ2v) is 7.57. The zero-order valence-corrected chi connectivity index (χ0v) is 16.4. The van der Waals surface area contributed by atoms with Crippen LogP contribution in [0, 0.1) is 5.92 Å². The zero-order valence-electron chi connectivity index (χ0n) is 15.5. The van der Waals surface area contributed by atoms with Crippen molar-refractivity contribution >= 4 is 34.9 Å². The van der Waals surface area contributed by atoms with E-state index in [2.05, 4.69) is 15.5 Å². The number of pyridine rings is 1. The van der Waals surface area contributed by atoms with Gasteiger partial charge >= 0.3 is 0 Å². The highest BCUT2D eigenvalue weighted by molar-refractivity contribution is 7.98. The smallest absolute Gasteiger partial charge is 0.227 e. The molecule has 0 saturated carbocycles. The van der Waals surface area contributed by atoms with E-state index in [1.54, 1.807) is 16.7 Å². The van der Waals surface area contributed by atoms with Crippen molar-refractivity contribution in [3.8, 4) is 0 Å². The molecule has 0 bridgehead atoms. The molecule has 1 unspecified atom stereocenters. The third-order valence-electron chi connectivity index (χ3n) is 4.91. The van der Waals surface area contributed by atoms with Crippen LogP contribution in [0.5, 0.6) is 0 Å². The third kappa shape index (κ3) is 3.73. The van der Waals surface area contributed by atoms with Crippen LogP contribution in [-0.4, -0.2) is 45.8 Å². The minimum atomic E-state index is -0.331. The largest absolute Gasteiger partial charge is 0.355 e. The Labute approximate surface area is 167 Å². The molecule has 2 aromatic heterocycles. The van der Waals surface area contributed by atoms with Gasteiger partial charge in [0.1, 0.15) is 5.82 Å². The molecule has 7 nitrogen and oxygen atoms in total. The number of rotatable bonds is 6. The molecule has 1 N–H and O–H groups in total. The fourth-order valence-corrected chi connectivity index (χ4v) is 3.81. The first-order valence-corrected chi connectivity index (χ1v) is 10.4. The summed E-state index contributed by atoms with van der Waals surface area (Å²) in [7, 11) is 0. The lowest BCUT2D eigenvalue weighted by molar-refractivity contribution is -0.126. The number of carbonyl (C=O) groups excluding carboxylic acids is 2. The van der Waals surface area contributed by atoms with Gasteiger partial charge in [-0.3, -0.25) is 14.0 Å². The van der Waals surface area contributed by atoms with Crippen molar-refractivity contribution in [3.63, 3.8) is 0 Å². The van der Waals surface area contributed by atoms with Gasteiger partial charge in [-0.05, 0) is 42.7 Å². The molecule has 1 atom stereocenters. The number of thioether (sulfide) groups is 1. The van der Waals surface area contributed by atoms with Gasteiger partial charge < -0.3 is 10.2 Å². The van der Waals surface area contributed by atoms with E-state index in [0.717, 1.165) is 22.1 Å². The van der Waals surface area contributed by atoms with E-state index in [1.165, 1.54) is 0 Å². The van der Waals surface area contributed by atoms with Crippen molar-refractivity contribution in [3.05, 3.63) is 54.5 Å². The van der Waals surface area contributed by atoms with E-state index in [9.17, 15) is 9.59 Å². The highest BCUT2D eigenvalue weighted by Gasteiger charge is 2.34. The summed E-state index contributed by atoms with van der Waals surface area (Å²) in [6, 6.07) is 13.6. The summed E-state index contributed by atoms with van der Waals surface area (Å²) in [5, 5.41) is 11.2. The Morgan fingerprint density at radius 1 is 1.21 bits per heavy atom. The maximum absolute atomic E-state index is 12.5. The van der Waals surface area contributed by atoms with Gasteiger partial charge in [-0.25, -0.2) is 0 Å². The average molecular weight is 395 g/mol. The highest BCUT2D eigenvalue weighted by Crippen LogP contribution is 2.27. The Bertz CT molecular complexity index is 1000. The van der Waals surface area contributed by atoms with Crippen LogP contribution >= 0.6 is 11.8 Å². The summed E-state index contributed by atoms with van der Waals surface area (Å²) >= 11 is 1.66. The molecule has 1 aromatic carbocycles. The fraction of sp³-hybridized carbons (Fsp3) is 0.300. The first-order chi connectivity index (χ1) is 13.7. The second-order valence-electron chi connectivity index (χ2n) is 6.69. The first-order valence-electron chi connectivity index (χ1n) is 9.16. The number of hydrogen-bond acceptors (Lipinski definition) is 5. The summed E-state index contributed by atoms with van der Waals surface area (Å²) in [5.41, 5.74) is 1.63. The average Bonchev–Trinajstić information content (AvgIpc) is 3.32. The Hall–Kier alpha value is -2.87. The van der Waals surface area contributed by atoms with E-state index in [0.29, 0.717) is 19.5 Å². The summed E-state index contributed by atoms with van der Waals surface area (Å²) < 4.78 is 1.91. The molecule has 2 amide bonds. The van der Waals surface area contributed by atoms with Crippen LogP contribution in [0.1, 0.15) is 12.2 Å². The van der Waals surface area contributed by atoms with E-state index in [-0.39, 0.29) is 24.2 Å². The summed E-state index contributed by atoms with van der Waals surface area (Å²) in [4.78, 5) is 27.7. The quantitative estimate of drug-likeness (QED) is 0.647. The van der Waals surface area contributed by atoms with Crippen molar-refractivity contribution in [2.45, 2.75) is 17.7 Å². The number of amides is 2. The number of anilines is 1. The van der Waals surface area contributed by atoms with Crippen molar-refractivity contribution in [1.29, 1.82) is 0 Å². The molecule has 0 spiro atoms. The number of benzene rings is 1. The standard InChI is InChI=1S/C20H21N5O2S/c1-28-16-7-5-15(6-8-16)25-13-14(12-19(25)26)20(27)21-10-9-18-23-22-17-4-2-3-11-24(17)18/h2-8,11,14H,9-10,12-13H2,1H3,(H,21,27). The monoisotopic (exact) mass is 395 g/mol. The van der Waals surface area contributed by atoms with Crippen LogP contribution in [0.25, 0.3) is 5.65 Å². The summed E-state index contributed by atoms with van der Waals surface area (Å²) in [5.74, 6) is 0.364. The van der Waals surface area contributed by atoms with Crippen molar-refractivity contribution in [2.24, 2.45) is 5.92 Å². The predicted molar refractivity (Wildman–Crippen MR) is 108 cm³/mol. The Balaban J connectivity index is 1.33. The molecule has 0 aliphatic carbocycles. The number of carbonyl (C=O) groups is 2. The molecule has 1 saturated heterocycles. The van der Waals surface area contributed by atoms with Gasteiger partial charge in [0.2, 0.25) is 11.8 Å².